The van der Waals surface area contributed by atoms with Gasteiger partial charge in [-0.1, -0.05) is 12.1 Å². The van der Waals surface area contributed by atoms with Crippen molar-refractivity contribution in [3.05, 3.63) is 35.6 Å². The predicted octanol–water partition coefficient (Wildman–Crippen LogP) is 3.01. The van der Waals surface area contributed by atoms with E-state index in [1.54, 1.807) is 0 Å². The Bertz CT molecular complexity index is 642. The molecule has 2 heterocycles. The first kappa shape index (κ1) is 23.0. The topological polar surface area (TPSA) is 64.1 Å². The van der Waals surface area contributed by atoms with E-state index in [1.807, 2.05) is 12.1 Å². The average molecular weight is 422 g/mol. The van der Waals surface area contributed by atoms with Crippen LogP contribution in [0.4, 0.5) is 4.39 Å². The number of benzene rings is 1. The molecule has 2 saturated heterocycles. The van der Waals surface area contributed by atoms with E-state index in [9.17, 15) is 4.39 Å². The lowest BCUT2D eigenvalue weighted by atomic mass is 9.74. The number of hydrogen-bond acceptors (Lipinski definition) is 4. The first-order valence-electron chi connectivity index (χ1n) is 11.3. The van der Waals surface area contributed by atoms with Crippen molar-refractivity contribution in [3.8, 4) is 0 Å². The van der Waals surface area contributed by atoms with Crippen molar-refractivity contribution in [2.45, 2.75) is 50.5 Å². The van der Waals surface area contributed by atoms with E-state index in [2.05, 4.69) is 17.6 Å². The molecule has 0 spiro atoms. The molecule has 0 radical (unpaired) electrons. The number of hydrogen-bond donors (Lipinski definition) is 2. The minimum absolute atomic E-state index is 0.112. The number of rotatable bonds is 10. The molecule has 0 bridgehead atoms. The van der Waals surface area contributed by atoms with E-state index in [1.165, 1.54) is 12.1 Å². The maximum atomic E-state index is 13.4. The molecule has 1 unspecified atom stereocenters. The van der Waals surface area contributed by atoms with Crippen LogP contribution in [-0.4, -0.2) is 64.7 Å². The lowest BCUT2D eigenvalue weighted by Crippen LogP contribution is -2.41. The highest BCUT2D eigenvalue weighted by molar-refractivity contribution is 5.79. The molecule has 2 aliphatic rings. The Morgan fingerprint density at radius 1 is 1.20 bits per heavy atom. The van der Waals surface area contributed by atoms with Gasteiger partial charge in [0.15, 0.2) is 5.96 Å². The summed E-state index contributed by atoms with van der Waals surface area (Å²) in [5, 5.41) is 6.73. The third-order valence-corrected chi connectivity index (χ3v) is 5.88. The molecular weight excluding hydrogens is 385 g/mol. The van der Waals surface area contributed by atoms with E-state index in [4.69, 9.17) is 19.2 Å². The van der Waals surface area contributed by atoms with Crippen molar-refractivity contribution in [1.29, 1.82) is 0 Å². The third kappa shape index (κ3) is 6.93. The average Bonchev–Trinajstić information content (AvgIpc) is 3.29. The maximum absolute atomic E-state index is 13.4. The summed E-state index contributed by atoms with van der Waals surface area (Å²) in [4.78, 5) is 4.87. The largest absolute Gasteiger partial charge is 0.381 e. The molecule has 2 fully saturated rings. The summed E-state index contributed by atoms with van der Waals surface area (Å²) in [5.74, 6) is 0.603. The van der Waals surface area contributed by atoms with Crippen molar-refractivity contribution in [2.75, 3.05) is 52.7 Å². The Balaban J connectivity index is 1.50. The fourth-order valence-electron chi connectivity index (χ4n) is 4.05. The van der Waals surface area contributed by atoms with Gasteiger partial charge in [0.2, 0.25) is 0 Å². The van der Waals surface area contributed by atoms with E-state index >= 15 is 0 Å². The molecule has 168 valence electrons. The molecule has 0 aromatic heterocycles. The van der Waals surface area contributed by atoms with Crippen LogP contribution in [0, 0.1) is 5.82 Å². The third-order valence-electron chi connectivity index (χ3n) is 5.88. The van der Waals surface area contributed by atoms with Crippen molar-refractivity contribution >= 4 is 5.96 Å². The normalized spacial score (nSPS) is 21.5. The smallest absolute Gasteiger partial charge is 0.191 e. The van der Waals surface area contributed by atoms with Gasteiger partial charge in [-0.25, -0.2) is 4.39 Å². The number of guanidine groups is 1. The molecule has 7 heteroatoms. The van der Waals surface area contributed by atoms with Gasteiger partial charge in [-0.15, -0.1) is 0 Å². The summed E-state index contributed by atoms with van der Waals surface area (Å²) in [6.07, 6.45) is 5.21. The second-order valence-corrected chi connectivity index (χ2v) is 8.09. The zero-order chi connectivity index (χ0) is 21.1. The monoisotopic (exact) mass is 421 g/mol. The van der Waals surface area contributed by atoms with Gasteiger partial charge >= 0.3 is 0 Å². The van der Waals surface area contributed by atoms with Crippen molar-refractivity contribution in [3.63, 3.8) is 0 Å². The summed E-state index contributed by atoms with van der Waals surface area (Å²) in [6.45, 7) is 7.98. The molecule has 2 N–H and O–H groups in total. The Morgan fingerprint density at radius 3 is 2.70 bits per heavy atom. The van der Waals surface area contributed by atoms with Crippen molar-refractivity contribution in [1.82, 2.24) is 10.6 Å². The van der Waals surface area contributed by atoms with Gasteiger partial charge in [0.1, 0.15) is 5.82 Å². The first-order chi connectivity index (χ1) is 14.7. The minimum Gasteiger partial charge on any atom is -0.381 e. The second kappa shape index (κ2) is 12.2. The van der Waals surface area contributed by atoms with E-state index in [0.29, 0.717) is 33.0 Å². The Labute approximate surface area is 179 Å². The van der Waals surface area contributed by atoms with Crippen molar-refractivity contribution < 1.29 is 18.6 Å². The van der Waals surface area contributed by atoms with E-state index in [0.717, 1.165) is 63.3 Å². The first-order valence-corrected chi connectivity index (χ1v) is 11.3. The van der Waals surface area contributed by atoms with Crippen LogP contribution < -0.4 is 10.6 Å². The number of aliphatic imine (C=N–C) groups is 1. The summed E-state index contributed by atoms with van der Waals surface area (Å²) in [6, 6.07) is 6.86. The highest BCUT2D eigenvalue weighted by atomic mass is 19.1. The van der Waals surface area contributed by atoms with Gasteiger partial charge < -0.3 is 24.8 Å². The summed E-state index contributed by atoms with van der Waals surface area (Å²) in [7, 11) is 0. The van der Waals surface area contributed by atoms with Crippen LogP contribution in [0.3, 0.4) is 0 Å². The van der Waals surface area contributed by atoms with Gasteiger partial charge in [0.25, 0.3) is 0 Å². The highest BCUT2D eigenvalue weighted by Crippen LogP contribution is 2.35. The molecule has 3 rings (SSSR count). The van der Waals surface area contributed by atoms with Crippen LogP contribution in [0.1, 0.15) is 44.6 Å². The molecule has 6 nitrogen and oxygen atoms in total. The maximum Gasteiger partial charge on any atom is 0.191 e. The van der Waals surface area contributed by atoms with E-state index in [-0.39, 0.29) is 17.3 Å². The fourth-order valence-corrected chi connectivity index (χ4v) is 4.05. The van der Waals surface area contributed by atoms with Gasteiger partial charge in [-0.2, -0.15) is 0 Å². The molecule has 30 heavy (non-hydrogen) atoms. The molecule has 1 atom stereocenters. The Hall–Kier alpha value is -1.70. The Morgan fingerprint density at radius 2 is 2.00 bits per heavy atom. The highest BCUT2D eigenvalue weighted by Gasteiger charge is 2.34. The van der Waals surface area contributed by atoms with Crippen LogP contribution in [0.2, 0.25) is 0 Å². The van der Waals surface area contributed by atoms with Crippen LogP contribution in [-0.2, 0) is 19.6 Å². The summed E-state index contributed by atoms with van der Waals surface area (Å²) >= 11 is 0. The molecule has 0 amide bonds. The molecule has 0 saturated carbocycles. The van der Waals surface area contributed by atoms with Gasteiger partial charge in [-0.3, -0.25) is 4.99 Å². The molecule has 1 aromatic rings. The fraction of sp³-hybridized carbons (Fsp3) is 0.696. The van der Waals surface area contributed by atoms with Gasteiger partial charge in [0.05, 0.1) is 19.3 Å². The van der Waals surface area contributed by atoms with Crippen molar-refractivity contribution in [2.24, 2.45) is 4.99 Å². The zero-order valence-corrected chi connectivity index (χ0v) is 18.1. The number of ether oxygens (including phenoxy) is 3. The van der Waals surface area contributed by atoms with Crippen LogP contribution in [0.15, 0.2) is 29.3 Å². The quantitative estimate of drug-likeness (QED) is 0.345. The summed E-state index contributed by atoms with van der Waals surface area (Å²) in [5.41, 5.74) is 1.02. The number of nitrogens with zero attached hydrogens (tertiary/aromatic N) is 1. The molecule has 0 aliphatic carbocycles. The standard InChI is InChI=1S/C23H36FN3O3/c1-2-25-22(26-12-4-13-29-17-21-5-3-14-30-21)27-18-23(10-15-28-16-11-23)19-6-8-20(24)9-7-19/h6-9,21H,2-5,10-18H2,1H3,(H2,25,26,27). The lowest BCUT2D eigenvalue weighted by molar-refractivity contribution is 0.0168. The predicted molar refractivity (Wildman–Crippen MR) is 117 cm³/mol. The number of halogens is 1. The van der Waals surface area contributed by atoms with Crippen LogP contribution >= 0.6 is 0 Å². The summed E-state index contributed by atoms with van der Waals surface area (Å²) < 4.78 is 30.3. The molecule has 1 aromatic carbocycles. The Kier molecular flexibility index (Phi) is 9.36. The number of nitrogens with one attached hydrogen (secondary N) is 2. The minimum atomic E-state index is -0.207. The molecular formula is C23H36FN3O3. The van der Waals surface area contributed by atoms with Gasteiger partial charge in [-0.05, 0) is 56.7 Å². The lowest BCUT2D eigenvalue weighted by Gasteiger charge is -2.36. The zero-order valence-electron chi connectivity index (χ0n) is 18.1. The van der Waals surface area contributed by atoms with Gasteiger partial charge in [0, 0.05) is 44.9 Å². The second-order valence-electron chi connectivity index (χ2n) is 8.09. The SMILES string of the molecule is CCNC(=NCC1(c2ccc(F)cc2)CCOCC1)NCCCOCC1CCCO1. The van der Waals surface area contributed by atoms with E-state index < -0.39 is 0 Å². The molecule has 2 aliphatic heterocycles. The van der Waals surface area contributed by atoms with Crippen LogP contribution in [0.25, 0.3) is 0 Å². The van der Waals surface area contributed by atoms with Crippen LogP contribution in [0.5, 0.6) is 0 Å².